The number of methoxy groups -OCH3 is 1. The van der Waals surface area contributed by atoms with Crippen molar-refractivity contribution in [2.24, 2.45) is 0 Å². The number of nitrogen functional groups attached to an aromatic ring is 1. The van der Waals surface area contributed by atoms with Crippen LogP contribution < -0.4 is 20.7 Å². The van der Waals surface area contributed by atoms with E-state index in [-0.39, 0.29) is 12.1 Å². The van der Waals surface area contributed by atoms with Crippen molar-refractivity contribution in [1.29, 1.82) is 0 Å². The van der Waals surface area contributed by atoms with Crippen molar-refractivity contribution in [3.05, 3.63) is 41.7 Å². The molecule has 0 saturated carbocycles. The Hall–Kier alpha value is -2.38. The van der Waals surface area contributed by atoms with Crippen molar-refractivity contribution in [2.45, 2.75) is 37.5 Å². The molecule has 4 rings (SSSR count). The number of aryl methyl sites for hydroxylation is 1. The monoisotopic (exact) mass is 355 g/mol. The molecule has 1 aliphatic carbocycles. The highest BCUT2D eigenvalue weighted by atomic mass is 16.5. The molecule has 1 saturated heterocycles. The van der Waals surface area contributed by atoms with Crippen LogP contribution in [0.5, 0.6) is 5.75 Å². The Kier molecular flexibility index (Phi) is 4.65. The summed E-state index contributed by atoms with van der Waals surface area (Å²) in [5.74, 6) is 2.11. The van der Waals surface area contributed by atoms with Crippen molar-refractivity contribution in [3.63, 3.8) is 0 Å². The summed E-state index contributed by atoms with van der Waals surface area (Å²) in [6.45, 7) is 1.35. The number of nitrogens with one attached hydrogen (secondary N) is 1. The van der Waals surface area contributed by atoms with Gasteiger partial charge in [0.05, 0.1) is 13.2 Å². The van der Waals surface area contributed by atoms with E-state index in [1.165, 1.54) is 17.5 Å². The highest BCUT2D eigenvalue weighted by Crippen LogP contribution is 2.34. The van der Waals surface area contributed by atoms with Gasteiger partial charge in [-0.1, -0.05) is 6.07 Å². The number of hydrogen-bond donors (Lipinski definition) is 3. The summed E-state index contributed by atoms with van der Waals surface area (Å²) in [5.41, 5.74) is 8.50. The number of aliphatic hydroxyl groups excluding tert-OH is 1. The maximum atomic E-state index is 10.2. The van der Waals surface area contributed by atoms with E-state index in [1.54, 1.807) is 13.2 Å². The van der Waals surface area contributed by atoms with Gasteiger partial charge in [0, 0.05) is 31.2 Å². The molecule has 4 N–H and O–H groups in total. The van der Waals surface area contributed by atoms with Crippen LogP contribution >= 0.6 is 0 Å². The van der Waals surface area contributed by atoms with Gasteiger partial charge in [-0.25, -0.2) is 9.97 Å². The Morgan fingerprint density at radius 1 is 1.35 bits per heavy atom. The number of ether oxygens (including phenoxy) is 1. The van der Waals surface area contributed by atoms with Gasteiger partial charge in [0.25, 0.3) is 0 Å². The molecular weight excluding hydrogens is 330 g/mol. The summed E-state index contributed by atoms with van der Waals surface area (Å²) >= 11 is 0. The second kappa shape index (κ2) is 7.09. The molecule has 1 unspecified atom stereocenters. The molecule has 1 aromatic carbocycles. The molecule has 0 radical (unpaired) electrons. The maximum Gasteiger partial charge on any atom is 0.134 e. The van der Waals surface area contributed by atoms with Gasteiger partial charge in [0.2, 0.25) is 0 Å². The quantitative estimate of drug-likeness (QED) is 0.743. The molecule has 7 heteroatoms. The number of nitrogens with zero attached hydrogens (tertiary/aromatic N) is 3. The van der Waals surface area contributed by atoms with E-state index < -0.39 is 0 Å². The average molecular weight is 355 g/mol. The fourth-order valence-electron chi connectivity index (χ4n) is 4.08. The minimum absolute atomic E-state index is 0.175. The van der Waals surface area contributed by atoms with Crippen LogP contribution in [0.4, 0.5) is 11.6 Å². The zero-order chi connectivity index (χ0) is 18.1. The largest absolute Gasteiger partial charge is 0.497 e. The van der Waals surface area contributed by atoms with E-state index in [1.807, 2.05) is 6.07 Å². The smallest absolute Gasteiger partial charge is 0.134 e. The van der Waals surface area contributed by atoms with Crippen molar-refractivity contribution in [3.8, 4) is 5.75 Å². The molecule has 7 nitrogen and oxygen atoms in total. The lowest BCUT2D eigenvalue weighted by Gasteiger charge is -2.27. The van der Waals surface area contributed by atoms with Gasteiger partial charge in [0.15, 0.2) is 0 Å². The third kappa shape index (κ3) is 3.32. The average Bonchev–Trinajstić information content (AvgIpc) is 3.22. The van der Waals surface area contributed by atoms with Crippen LogP contribution in [0, 0.1) is 0 Å². The highest BCUT2D eigenvalue weighted by Gasteiger charge is 2.33. The number of fused-ring (bicyclic) bond motifs is 1. The summed E-state index contributed by atoms with van der Waals surface area (Å²) in [5, 5.41) is 13.8. The fraction of sp³-hybridized carbons (Fsp3) is 0.474. The first kappa shape index (κ1) is 17.1. The summed E-state index contributed by atoms with van der Waals surface area (Å²) in [7, 11) is 1.70. The van der Waals surface area contributed by atoms with Crippen LogP contribution in [-0.2, 0) is 6.42 Å². The molecule has 2 heterocycles. The maximum absolute atomic E-state index is 10.2. The molecule has 1 aliphatic heterocycles. The van der Waals surface area contributed by atoms with Gasteiger partial charge in [-0.05, 0) is 42.5 Å². The van der Waals surface area contributed by atoms with Gasteiger partial charge in [-0.2, -0.15) is 0 Å². The summed E-state index contributed by atoms with van der Waals surface area (Å²) in [6.07, 6.45) is 4.00. The molecule has 3 atom stereocenters. The van der Waals surface area contributed by atoms with E-state index >= 15 is 0 Å². The first-order valence-electron chi connectivity index (χ1n) is 9.06. The third-order valence-corrected chi connectivity index (χ3v) is 5.39. The van der Waals surface area contributed by atoms with E-state index in [4.69, 9.17) is 10.5 Å². The van der Waals surface area contributed by atoms with Crippen LogP contribution in [0.25, 0.3) is 0 Å². The first-order chi connectivity index (χ1) is 12.6. The van der Waals surface area contributed by atoms with E-state index in [2.05, 4.69) is 32.3 Å². The molecule has 0 amide bonds. The first-order valence-corrected chi connectivity index (χ1v) is 9.06. The SMILES string of the molecule is COc1ccc2c(c1)C(NC[C@H]1C[C@@H](O)CN1c1cc(N)ncn1)CC2. The van der Waals surface area contributed by atoms with Crippen molar-refractivity contribution in [2.75, 3.05) is 30.8 Å². The van der Waals surface area contributed by atoms with Crippen molar-refractivity contribution >= 4 is 11.6 Å². The topological polar surface area (TPSA) is 96.5 Å². The summed E-state index contributed by atoms with van der Waals surface area (Å²) < 4.78 is 5.37. The number of nitrogens with two attached hydrogens (primary N) is 1. The lowest BCUT2D eigenvalue weighted by molar-refractivity contribution is 0.193. The zero-order valence-corrected chi connectivity index (χ0v) is 14.9. The van der Waals surface area contributed by atoms with Crippen LogP contribution in [0.3, 0.4) is 0 Å². The van der Waals surface area contributed by atoms with Gasteiger partial charge in [-0.15, -0.1) is 0 Å². The molecule has 1 fully saturated rings. The van der Waals surface area contributed by atoms with E-state index in [0.717, 1.165) is 31.0 Å². The van der Waals surface area contributed by atoms with Gasteiger partial charge in [-0.3, -0.25) is 0 Å². The van der Waals surface area contributed by atoms with Gasteiger partial charge in [0.1, 0.15) is 23.7 Å². The number of aliphatic hydroxyl groups is 1. The Morgan fingerprint density at radius 3 is 3.04 bits per heavy atom. The number of anilines is 2. The second-order valence-electron chi connectivity index (χ2n) is 7.06. The Balaban J connectivity index is 1.46. The number of aromatic nitrogens is 2. The van der Waals surface area contributed by atoms with Crippen molar-refractivity contribution in [1.82, 2.24) is 15.3 Å². The molecular formula is C19H25N5O2. The Bertz CT molecular complexity index is 784. The number of benzene rings is 1. The van der Waals surface area contributed by atoms with Crippen LogP contribution in [-0.4, -0.2) is 47.4 Å². The highest BCUT2D eigenvalue weighted by molar-refractivity contribution is 5.48. The minimum atomic E-state index is -0.353. The third-order valence-electron chi connectivity index (χ3n) is 5.39. The summed E-state index contributed by atoms with van der Waals surface area (Å²) in [6, 6.07) is 8.57. The predicted octanol–water partition coefficient (Wildman–Crippen LogP) is 1.28. The number of β-amino-alcohol motifs (C(OH)–C–C–N with tert-alkyl or cyclic N) is 1. The molecule has 0 spiro atoms. The van der Waals surface area contributed by atoms with Gasteiger partial charge < -0.3 is 25.8 Å². The van der Waals surface area contributed by atoms with Crippen molar-refractivity contribution < 1.29 is 9.84 Å². The molecule has 2 aliphatic rings. The minimum Gasteiger partial charge on any atom is -0.497 e. The molecule has 0 bridgehead atoms. The Morgan fingerprint density at radius 2 is 2.23 bits per heavy atom. The molecule has 1 aromatic heterocycles. The molecule has 138 valence electrons. The van der Waals surface area contributed by atoms with Gasteiger partial charge >= 0.3 is 0 Å². The second-order valence-corrected chi connectivity index (χ2v) is 7.06. The van der Waals surface area contributed by atoms with E-state index in [9.17, 15) is 5.11 Å². The zero-order valence-electron chi connectivity index (χ0n) is 14.9. The van der Waals surface area contributed by atoms with Crippen LogP contribution in [0.2, 0.25) is 0 Å². The van der Waals surface area contributed by atoms with Crippen LogP contribution in [0.1, 0.15) is 30.0 Å². The van der Waals surface area contributed by atoms with E-state index in [0.29, 0.717) is 24.8 Å². The lowest BCUT2D eigenvalue weighted by atomic mass is 10.1. The predicted molar refractivity (Wildman–Crippen MR) is 100 cm³/mol. The summed E-state index contributed by atoms with van der Waals surface area (Å²) in [4.78, 5) is 10.4. The lowest BCUT2D eigenvalue weighted by Crippen LogP contribution is -2.39. The van der Waals surface area contributed by atoms with Crippen LogP contribution in [0.15, 0.2) is 30.6 Å². The fourth-order valence-corrected chi connectivity index (χ4v) is 4.08. The number of hydrogen-bond acceptors (Lipinski definition) is 7. The standard InChI is InChI=1S/C19H25N5O2/c1-26-15-4-2-12-3-5-17(16(12)7-15)21-9-13-6-14(25)10-24(13)19-8-18(20)22-11-23-19/h2,4,7-8,11,13-14,17,21,25H,3,5-6,9-10H2,1H3,(H2,20,22,23)/t13-,14-,17?/m1/s1. The molecule has 26 heavy (non-hydrogen) atoms. The number of rotatable bonds is 5. The normalized spacial score (nSPS) is 24.7. The molecule has 2 aromatic rings. The Labute approximate surface area is 153 Å².